The van der Waals surface area contributed by atoms with E-state index in [9.17, 15) is 0 Å². The fourth-order valence-corrected chi connectivity index (χ4v) is 2.68. The van der Waals surface area contributed by atoms with Gasteiger partial charge in [-0.2, -0.15) is 0 Å². The molecule has 0 amide bonds. The van der Waals surface area contributed by atoms with E-state index in [-0.39, 0.29) is 0 Å². The minimum Gasteiger partial charge on any atom is -0.396 e. The van der Waals surface area contributed by atoms with Crippen LogP contribution in [0.3, 0.4) is 0 Å². The Kier molecular flexibility index (Phi) is 2.22. The van der Waals surface area contributed by atoms with Crippen LogP contribution in [0.25, 0.3) is 0 Å². The van der Waals surface area contributed by atoms with E-state index >= 15 is 0 Å². The molecule has 1 N–H and O–H groups in total. The van der Waals surface area contributed by atoms with Gasteiger partial charge in [0.1, 0.15) is 0 Å². The summed E-state index contributed by atoms with van der Waals surface area (Å²) >= 11 is 0. The number of aliphatic hydroxyl groups is 1. The summed E-state index contributed by atoms with van der Waals surface area (Å²) in [6.45, 7) is 0.360. The molecule has 1 nitrogen and oxygen atoms in total. The molecule has 0 aromatic heterocycles. The second-order valence-electron chi connectivity index (χ2n) is 4.39. The van der Waals surface area contributed by atoms with Crippen molar-refractivity contribution in [2.45, 2.75) is 38.5 Å². The van der Waals surface area contributed by atoms with Crippen LogP contribution in [0.5, 0.6) is 0 Å². The van der Waals surface area contributed by atoms with Gasteiger partial charge in [0.05, 0.1) is 0 Å². The van der Waals surface area contributed by atoms with Crippen LogP contribution in [0.4, 0.5) is 0 Å². The van der Waals surface area contributed by atoms with E-state index in [2.05, 4.69) is 12.2 Å². The molecule has 68 valence electrons. The summed E-state index contributed by atoms with van der Waals surface area (Å²) in [6.07, 6.45) is 12.5. The number of hydrogen-bond donors (Lipinski definition) is 1. The third-order valence-corrected chi connectivity index (χ3v) is 3.58. The Hall–Kier alpha value is -0.300. The number of aliphatic hydroxyl groups excluding tert-OH is 1. The van der Waals surface area contributed by atoms with Crippen LogP contribution in [0, 0.1) is 11.3 Å². The highest BCUT2D eigenvalue weighted by molar-refractivity contribution is 5.10. The maximum absolute atomic E-state index is 8.80. The molecule has 0 heterocycles. The van der Waals surface area contributed by atoms with E-state index in [1.54, 1.807) is 0 Å². The Morgan fingerprint density at radius 1 is 1.33 bits per heavy atom. The van der Waals surface area contributed by atoms with Crippen LogP contribution in [0.1, 0.15) is 38.5 Å². The van der Waals surface area contributed by atoms with Crippen molar-refractivity contribution in [3.8, 4) is 0 Å². The zero-order chi connectivity index (χ0) is 8.44. The second kappa shape index (κ2) is 3.21. The summed E-state index contributed by atoms with van der Waals surface area (Å²) in [5.41, 5.74) is 0.497. The molecular formula is C11H18O. The highest BCUT2D eigenvalue weighted by Crippen LogP contribution is 2.48. The molecule has 0 aromatic rings. The van der Waals surface area contributed by atoms with E-state index < -0.39 is 0 Å². The third-order valence-electron chi connectivity index (χ3n) is 3.58. The van der Waals surface area contributed by atoms with Crippen molar-refractivity contribution in [3.05, 3.63) is 12.2 Å². The average Bonchev–Trinajstić information content (AvgIpc) is 2.18. The van der Waals surface area contributed by atoms with Gasteiger partial charge in [0.2, 0.25) is 0 Å². The first-order valence-corrected chi connectivity index (χ1v) is 5.15. The Bertz CT molecular complexity index is 175. The molecule has 3 aliphatic carbocycles. The molecule has 0 aliphatic heterocycles. The van der Waals surface area contributed by atoms with E-state index in [1.807, 2.05) is 0 Å². The van der Waals surface area contributed by atoms with Crippen molar-refractivity contribution in [2.24, 2.45) is 11.3 Å². The highest BCUT2D eigenvalue weighted by atomic mass is 16.2. The summed E-state index contributed by atoms with van der Waals surface area (Å²) in [6, 6.07) is 0. The summed E-state index contributed by atoms with van der Waals surface area (Å²) in [5.74, 6) is 0.890. The van der Waals surface area contributed by atoms with Gasteiger partial charge in [-0.1, -0.05) is 12.2 Å². The normalized spacial score (nSPS) is 38.9. The first-order chi connectivity index (χ1) is 5.85. The third kappa shape index (κ3) is 1.42. The monoisotopic (exact) mass is 166 g/mol. The molecule has 0 unspecified atom stereocenters. The van der Waals surface area contributed by atoms with Crippen LogP contribution in [-0.4, -0.2) is 11.7 Å². The molecule has 0 saturated heterocycles. The van der Waals surface area contributed by atoms with Gasteiger partial charge >= 0.3 is 0 Å². The maximum atomic E-state index is 8.80. The highest BCUT2D eigenvalue weighted by Gasteiger charge is 2.35. The fraction of sp³-hybridized carbons (Fsp3) is 0.818. The first-order valence-electron chi connectivity index (χ1n) is 5.15. The Labute approximate surface area is 74.5 Å². The van der Waals surface area contributed by atoms with Crippen molar-refractivity contribution < 1.29 is 5.11 Å². The van der Waals surface area contributed by atoms with Crippen molar-refractivity contribution >= 4 is 0 Å². The van der Waals surface area contributed by atoms with Crippen molar-refractivity contribution in [1.29, 1.82) is 0 Å². The molecule has 3 aliphatic rings. The summed E-state index contributed by atoms with van der Waals surface area (Å²) < 4.78 is 0. The summed E-state index contributed by atoms with van der Waals surface area (Å²) in [5, 5.41) is 8.80. The summed E-state index contributed by atoms with van der Waals surface area (Å²) in [7, 11) is 0. The molecule has 0 aromatic carbocycles. The van der Waals surface area contributed by atoms with Crippen molar-refractivity contribution in [2.75, 3.05) is 6.61 Å². The predicted octanol–water partition coefficient (Wildman–Crippen LogP) is 2.51. The fourth-order valence-electron chi connectivity index (χ4n) is 2.68. The molecule has 0 radical (unpaired) electrons. The molecule has 3 rings (SSSR count). The average molecular weight is 166 g/mol. The van der Waals surface area contributed by atoms with Gasteiger partial charge in [-0.3, -0.25) is 0 Å². The smallest absolute Gasteiger partial charge is 0.0431 e. The predicted molar refractivity (Wildman–Crippen MR) is 49.9 cm³/mol. The Morgan fingerprint density at radius 2 is 2.08 bits per heavy atom. The lowest BCUT2D eigenvalue weighted by atomic mass is 9.63. The molecule has 0 atom stereocenters. The van der Waals surface area contributed by atoms with Crippen LogP contribution in [0.15, 0.2) is 12.2 Å². The lowest BCUT2D eigenvalue weighted by molar-refractivity contribution is 0.167. The number of allylic oxidation sites excluding steroid dienone is 2. The molecular weight excluding hydrogens is 148 g/mol. The SMILES string of the molecule is OCCCC12C=CC(CC1)CC2. The maximum Gasteiger partial charge on any atom is 0.0431 e. The first kappa shape index (κ1) is 8.31. The summed E-state index contributed by atoms with van der Waals surface area (Å²) in [4.78, 5) is 0. The molecule has 1 saturated carbocycles. The Morgan fingerprint density at radius 3 is 2.58 bits per heavy atom. The van der Waals surface area contributed by atoms with Crippen LogP contribution >= 0.6 is 0 Å². The number of fused-ring (bicyclic) bond motifs is 2. The minimum atomic E-state index is 0.360. The minimum absolute atomic E-state index is 0.360. The van der Waals surface area contributed by atoms with Gasteiger partial charge in [-0.05, 0) is 49.9 Å². The lowest BCUT2D eigenvalue weighted by Gasteiger charge is -2.42. The van der Waals surface area contributed by atoms with Gasteiger partial charge < -0.3 is 5.11 Å². The zero-order valence-electron chi connectivity index (χ0n) is 7.63. The van der Waals surface area contributed by atoms with Crippen molar-refractivity contribution in [3.63, 3.8) is 0 Å². The van der Waals surface area contributed by atoms with E-state index in [0.717, 1.165) is 12.3 Å². The number of rotatable bonds is 3. The number of hydrogen-bond acceptors (Lipinski definition) is 1. The Balaban J connectivity index is 1.99. The van der Waals surface area contributed by atoms with Gasteiger partial charge in [-0.15, -0.1) is 0 Å². The topological polar surface area (TPSA) is 20.2 Å². The standard InChI is InChI=1S/C11H18O/c12-9-1-5-11-6-2-10(3-7-11)4-8-11/h2,6,10,12H,1,3-5,7-9H2. The molecule has 2 bridgehead atoms. The van der Waals surface area contributed by atoms with E-state index in [1.165, 1.54) is 32.1 Å². The van der Waals surface area contributed by atoms with E-state index in [4.69, 9.17) is 5.11 Å². The van der Waals surface area contributed by atoms with E-state index in [0.29, 0.717) is 12.0 Å². The second-order valence-corrected chi connectivity index (χ2v) is 4.39. The molecule has 12 heavy (non-hydrogen) atoms. The van der Waals surface area contributed by atoms with Gasteiger partial charge in [-0.25, -0.2) is 0 Å². The van der Waals surface area contributed by atoms with Gasteiger partial charge in [0.25, 0.3) is 0 Å². The van der Waals surface area contributed by atoms with Gasteiger partial charge in [0, 0.05) is 6.61 Å². The van der Waals surface area contributed by atoms with Crippen molar-refractivity contribution in [1.82, 2.24) is 0 Å². The van der Waals surface area contributed by atoms with Crippen LogP contribution < -0.4 is 0 Å². The largest absolute Gasteiger partial charge is 0.396 e. The zero-order valence-corrected chi connectivity index (χ0v) is 7.63. The lowest BCUT2D eigenvalue weighted by Crippen LogP contribution is -2.29. The van der Waals surface area contributed by atoms with Gasteiger partial charge in [0.15, 0.2) is 0 Å². The quantitative estimate of drug-likeness (QED) is 0.639. The van der Waals surface area contributed by atoms with Crippen LogP contribution in [-0.2, 0) is 0 Å². The van der Waals surface area contributed by atoms with Crippen LogP contribution in [0.2, 0.25) is 0 Å². The molecule has 1 heteroatoms. The molecule has 1 fully saturated rings. The molecule has 0 spiro atoms.